The Balaban J connectivity index is 2.31. The highest BCUT2D eigenvalue weighted by molar-refractivity contribution is 5.51. The average Bonchev–Trinajstić information content (AvgIpc) is 2.13. The summed E-state index contributed by atoms with van der Waals surface area (Å²) >= 11 is 0. The first kappa shape index (κ1) is 11.3. The van der Waals surface area contributed by atoms with Crippen LogP contribution in [0.5, 0.6) is 11.5 Å². The molecule has 0 unspecified atom stereocenters. The van der Waals surface area contributed by atoms with Crippen molar-refractivity contribution in [1.82, 2.24) is 0 Å². The molecule has 0 aliphatic heterocycles. The smallest absolute Gasteiger partial charge is 0.129 e. The molecule has 0 fully saturated rings. The van der Waals surface area contributed by atoms with E-state index < -0.39 is 0 Å². The van der Waals surface area contributed by atoms with Crippen LogP contribution in [-0.2, 0) is 0 Å². The summed E-state index contributed by atoms with van der Waals surface area (Å²) in [6.07, 6.45) is 0. The first-order valence-electron chi connectivity index (χ1n) is 5.45. The van der Waals surface area contributed by atoms with Crippen molar-refractivity contribution in [3.8, 4) is 11.5 Å². The maximum atomic E-state index is 5.77. The van der Waals surface area contributed by atoms with E-state index in [9.17, 15) is 0 Å². The van der Waals surface area contributed by atoms with Gasteiger partial charge in [0.1, 0.15) is 11.5 Å². The Hall–Kier alpha value is -2.16. The van der Waals surface area contributed by atoms with Crippen LogP contribution in [-0.4, -0.2) is 0 Å². The van der Waals surface area contributed by atoms with Crippen LogP contribution >= 0.6 is 0 Å². The van der Waals surface area contributed by atoms with Crippen molar-refractivity contribution >= 4 is 11.4 Å². The van der Waals surface area contributed by atoms with Crippen LogP contribution in [0.25, 0.3) is 0 Å². The second kappa shape index (κ2) is 4.37. The fourth-order valence-electron chi connectivity index (χ4n) is 1.81. The molecule has 0 amide bonds. The second-order valence-electron chi connectivity index (χ2n) is 4.26. The summed E-state index contributed by atoms with van der Waals surface area (Å²) < 4.78 is 5.74. The molecule has 0 aliphatic rings. The summed E-state index contributed by atoms with van der Waals surface area (Å²) in [7, 11) is 0. The monoisotopic (exact) mass is 228 g/mol. The standard InChI is InChI=1S/C14H16N2O/c1-9-3-11(15)7-13(5-9)17-14-6-10(2)4-12(16)8-14/h3-8H,15-16H2,1-2H3. The minimum absolute atomic E-state index is 0.695. The number of hydrogen-bond donors (Lipinski definition) is 2. The molecule has 3 heteroatoms. The number of ether oxygens (including phenoxy) is 1. The Labute approximate surface area is 101 Å². The molecular weight excluding hydrogens is 212 g/mol. The largest absolute Gasteiger partial charge is 0.457 e. The SMILES string of the molecule is Cc1cc(N)cc(Oc2cc(C)cc(N)c2)c1. The highest BCUT2D eigenvalue weighted by atomic mass is 16.5. The van der Waals surface area contributed by atoms with Gasteiger partial charge in [-0.2, -0.15) is 0 Å². The van der Waals surface area contributed by atoms with Gasteiger partial charge in [0.2, 0.25) is 0 Å². The average molecular weight is 228 g/mol. The van der Waals surface area contributed by atoms with E-state index in [4.69, 9.17) is 16.2 Å². The molecular formula is C14H16N2O. The van der Waals surface area contributed by atoms with E-state index in [-0.39, 0.29) is 0 Å². The molecule has 0 bridgehead atoms. The quantitative estimate of drug-likeness (QED) is 0.775. The van der Waals surface area contributed by atoms with Crippen LogP contribution in [0.1, 0.15) is 11.1 Å². The molecule has 0 saturated heterocycles. The van der Waals surface area contributed by atoms with Crippen LogP contribution in [0.15, 0.2) is 36.4 Å². The molecule has 88 valence electrons. The predicted octanol–water partition coefficient (Wildman–Crippen LogP) is 3.26. The van der Waals surface area contributed by atoms with E-state index >= 15 is 0 Å². The Bertz CT molecular complexity index is 460. The van der Waals surface area contributed by atoms with Gasteiger partial charge in [-0.25, -0.2) is 0 Å². The number of nitrogens with two attached hydrogens (primary N) is 2. The van der Waals surface area contributed by atoms with Crippen molar-refractivity contribution in [2.24, 2.45) is 0 Å². The highest BCUT2D eigenvalue weighted by Gasteiger charge is 2.01. The molecule has 4 N–H and O–H groups in total. The van der Waals surface area contributed by atoms with Crippen molar-refractivity contribution in [2.75, 3.05) is 11.5 Å². The number of aryl methyl sites for hydroxylation is 2. The van der Waals surface area contributed by atoms with Crippen LogP contribution in [0.4, 0.5) is 11.4 Å². The number of hydrogen-bond acceptors (Lipinski definition) is 3. The highest BCUT2D eigenvalue weighted by Crippen LogP contribution is 2.27. The fourth-order valence-corrected chi connectivity index (χ4v) is 1.81. The summed E-state index contributed by atoms with van der Waals surface area (Å²) in [5, 5.41) is 0. The Morgan fingerprint density at radius 2 is 1.12 bits per heavy atom. The van der Waals surface area contributed by atoms with Crippen LogP contribution < -0.4 is 16.2 Å². The molecule has 17 heavy (non-hydrogen) atoms. The maximum Gasteiger partial charge on any atom is 0.129 e. The summed E-state index contributed by atoms with van der Waals surface area (Å²) in [5.74, 6) is 1.46. The lowest BCUT2D eigenvalue weighted by Crippen LogP contribution is -1.92. The van der Waals surface area contributed by atoms with E-state index in [0.29, 0.717) is 11.4 Å². The first-order valence-corrected chi connectivity index (χ1v) is 5.45. The topological polar surface area (TPSA) is 61.3 Å². The van der Waals surface area contributed by atoms with E-state index in [0.717, 1.165) is 22.6 Å². The van der Waals surface area contributed by atoms with E-state index in [1.165, 1.54) is 0 Å². The summed E-state index contributed by atoms with van der Waals surface area (Å²) in [5.41, 5.74) is 15.1. The van der Waals surface area contributed by atoms with Crippen molar-refractivity contribution in [3.05, 3.63) is 47.5 Å². The molecule has 0 aromatic heterocycles. The number of anilines is 2. The molecule has 0 atom stereocenters. The molecule has 0 radical (unpaired) electrons. The predicted molar refractivity (Wildman–Crippen MR) is 71.3 cm³/mol. The lowest BCUT2D eigenvalue weighted by molar-refractivity contribution is 0.482. The normalized spacial score (nSPS) is 10.2. The van der Waals surface area contributed by atoms with Gasteiger partial charge in [-0.3, -0.25) is 0 Å². The Morgan fingerprint density at radius 3 is 1.47 bits per heavy atom. The van der Waals surface area contributed by atoms with Gasteiger partial charge in [0, 0.05) is 23.5 Å². The Morgan fingerprint density at radius 1 is 0.706 bits per heavy atom. The number of nitrogen functional groups attached to an aromatic ring is 2. The van der Waals surface area contributed by atoms with E-state index in [1.807, 2.05) is 38.1 Å². The second-order valence-corrected chi connectivity index (χ2v) is 4.26. The van der Waals surface area contributed by atoms with Gasteiger partial charge >= 0.3 is 0 Å². The first-order chi connectivity index (χ1) is 8.02. The third-order valence-electron chi connectivity index (χ3n) is 2.38. The van der Waals surface area contributed by atoms with Crippen molar-refractivity contribution in [2.45, 2.75) is 13.8 Å². The minimum atomic E-state index is 0.695. The summed E-state index contributed by atoms with van der Waals surface area (Å²) in [6, 6.07) is 11.3. The van der Waals surface area contributed by atoms with Gasteiger partial charge < -0.3 is 16.2 Å². The van der Waals surface area contributed by atoms with Crippen molar-refractivity contribution in [3.63, 3.8) is 0 Å². The zero-order valence-corrected chi connectivity index (χ0v) is 10.0. The molecule has 2 rings (SSSR count). The molecule has 2 aromatic carbocycles. The van der Waals surface area contributed by atoms with Gasteiger partial charge in [0.05, 0.1) is 0 Å². The minimum Gasteiger partial charge on any atom is -0.457 e. The summed E-state index contributed by atoms with van der Waals surface area (Å²) in [6.45, 7) is 3.96. The van der Waals surface area contributed by atoms with Gasteiger partial charge in [0.15, 0.2) is 0 Å². The van der Waals surface area contributed by atoms with Crippen molar-refractivity contribution < 1.29 is 4.74 Å². The molecule has 0 heterocycles. The molecule has 0 aliphatic carbocycles. The number of benzene rings is 2. The van der Waals surface area contributed by atoms with Crippen LogP contribution in [0, 0.1) is 13.8 Å². The van der Waals surface area contributed by atoms with Gasteiger partial charge in [-0.1, -0.05) is 0 Å². The molecule has 0 saturated carbocycles. The van der Waals surface area contributed by atoms with E-state index in [2.05, 4.69) is 0 Å². The number of rotatable bonds is 2. The molecule has 2 aromatic rings. The lowest BCUT2D eigenvalue weighted by Gasteiger charge is -2.09. The Kier molecular flexibility index (Phi) is 2.91. The van der Waals surface area contributed by atoms with Crippen LogP contribution in [0.3, 0.4) is 0 Å². The van der Waals surface area contributed by atoms with Gasteiger partial charge in [-0.15, -0.1) is 0 Å². The zero-order valence-electron chi connectivity index (χ0n) is 10.0. The molecule has 3 nitrogen and oxygen atoms in total. The van der Waals surface area contributed by atoms with E-state index in [1.54, 1.807) is 12.1 Å². The van der Waals surface area contributed by atoms with Crippen LogP contribution in [0.2, 0.25) is 0 Å². The lowest BCUT2D eigenvalue weighted by atomic mass is 10.2. The van der Waals surface area contributed by atoms with Crippen molar-refractivity contribution in [1.29, 1.82) is 0 Å². The third-order valence-corrected chi connectivity index (χ3v) is 2.38. The maximum absolute atomic E-state index is 5.77. The summed E-state index contributed by atoms with van der Waals surface area (Å²) in [4.78, 5) is 0. The zero-order chi connectivity index (χ0) is 12.4. The van der Waals surface area contributed by atoms with Gasteiger partial charge in [-0.05, 0) is 49.2 Å². The van der Waals surface area contributed by atoms with Gasteiger partial charge in [0.25, 0.3) is 0 Å². The molecule has 0 spiro atoms. The third kappa shape index (κ3) is 2.91. The fraction of sp³-hybridized carbons (Fsp3) is 0.143.